The third-order valence-corrected chi connectivity index (χ3v) is 2.89. The number of hydrogen-bond acceptors (Lipinski definition) is 3. The second-order valence-corrected chi connectivity index (χ2v) is 4.68. The topological polar surface area (TPSA) is 50.2 Å². The molecule has 1 rings (SSSR count). The highest BCUT2D eigenvalue weighted by Gasteiger charge is 2.05. The Hall–Kier alpha value is -0.680. The van der Waals surface area contributed by atoms with Crippen molar-refractivity contribution in [2.24, 2.45) is 0 Å². The maximum Gasteiger partial charge on any atom is 0.331 e. The molecule has 0 atom stereocenters. The molecule has 5 heteroatoms. The van der Waals surface area contributed by atoms with Crippen molar-refractivity contribution in [3.05, 3.63) is 20.6 Å². The van der Waals surface area contributed by atoms with Crippen LogP contribution in [0.4, 0.5) is 0 Å². The Balaban J connectivity index is 2.91. The molecule has 0 saturated heterocycles. The summed E-state index contributed by atoms with van der Waals surface area (Å²) in [5.41, 5.74) is 0.399. The molecule has 13 heavy (non-hydrogen) atoms. The van der Waals surface area contributed by atoms with E-state index in [0.29, 0.717) is 12.0 Å². The highest BCUT2D eigenvalue weighted by molar-refractivity contribution is 9.11. The molecule has 0 bridgehead atoms. The van der Waals surface area contributed by atoms with E-state index in [2.05, 4.69) is 20.9 Å². The van der Waals surface area contributed by atoms with E-state index in [1.54, 1.807) is 12.3 Å². The summed E-state index contributed by atoms with van der Waals surface area (Å²) in [4.78, 5) is 15.5. The number of nitrogens with zero attached hydrogens (tertiary/aromatic N) is 1. The molecule has 0 unspecified atom stereocenters. The molecule has 0 amide bonds. The van der Waals surface area contributed by atoms with E-state index in [1.165, 1.54) is 11.3 Å². The second kappa shape index (κ2) is 4.53. The molecule has 0 aliphatic carbocycles. The highest BCUT2D eigenvalue weighted by Crippen LogP contribution is 2.21. The van der Waals surface area contributed by atoms with Gasteiger partial charge in [-0.15, -0.1) is 11.3 Å². The van der Waals surface area contributed by atoms with Crippen LogP contribution in [0.2, 0.25) is 0 Å². The number of carboxylic acids is 1. The third kappa shape index (κ3) is 2.93. The van der Waals surface area contributed by atoms with Crippen LogP contribution in [0.15, 0.2) is 15.7 Å². The van der Waals surface area contributed by atoms with Crippen LogP contribution in [-0.2, 0) is 4.79 Å². The minimum absolute atomic E-state index is 0.399. The fourth-order valence-corrected chi connectivity index (χ4v) is 2.09. The molecule has 0 aliphatic rings. The van der Waals surface area contributed by atoms with Crippen LogP contribution in [0, 0.1) is 0 Å². The van der Waals surface area contributed by atoms with Gasteiger partial charge < -0.3 is 5.11 Å². The SMILES string of the molecule is CC/C(=C\c1cnc(Br)s1)C(=O)O. The summed E-state index contributed by atoms with van der Waals surface area (Å²) in [5, 5.41) is 8.75. The molecule has 70 valence electrons. The Kier molecular flexibility index (Phi) is 3.62. The first-order valence-corrected chi connectivity index (χ1v) is 5.29. The molecule has 0 aromatic carbocycles. The van der Waals surface area contributed by atoms with Crippen molar-refractivity contribution >= 4 is 39.3 Å². The zero-order valence-corrected chi connectivity index (χ0v) is 9.35. The van der Waals surface area contributed by atoms with Crippen molar-refractivity contribution in [2.45, 2.75) is 13.3 Å². The molecular weight excluding hydrogens is 254 g/mol. The van der Waals surface area contributed by atoms with Crippen LogP contribution >= 0.6 is 27.3 Å². The smallest absolute Gasteiger partial charge is 0.331 e. The summed E-state index contributed by atoms with van der Waals surface area (Å²) in [6.45, 7) is 1.82. The predicted octanol–water partition coefficient (Wildman–Crippen LogP) is 2.78. The molecule has 1 aromatic rings. The van der Waals surface area contributed by atoms with Gasteiger partial charge >= 0.3 is 5.97 Å². The molecule has 3 nitrogen and oxygen atoms in total. The Morgan fingerprint density at radius 1 is 1.85 bits per heavy atom. The minimum atomic E-state index is -0.868. The van der Waals surface area contributed by atoms with Gasteiger partial charge in [0, 0.05) is 16.6 Å². The molecule has 0 aliphatic heterocycles. The Labute approximate surface area is 88.2 Å². The van der Waals surface area contributed by atoms with Crippen molar-refractivity contribution in [2.75, 3.05) is 0 Å². The highest BCUT2D eigenvalue weighted by atomic mass is 79.9. The number of hydrogen-bond donors (Lipinski definition) is 1. The van der Waals surface area contributed by atoms with Gasteiger partial charge in [0.2, 0.25) is 0 Å². The maximum atomic E-state index is 10.6. The van der Waals surface area contributed by atoms with Gasteiger partial charge in [-0.25, -0.2) is 9.78 Å². The van der Waals surface area contributed by atoms with Crippen molar-refractivity contribution in [3.8, 4) is 0 Å². The second-order valence-electron chi connectivity index (χ2n) is 2.34. The lowest BCUT2D eigenvalue weighted by Crippen LogP contribution is -1.98. The van der Waals surface area contributed by atoms with Gasteiger partial charge in [-0.2, -0.15) is 0 Å². The van der Waals surface area contributed by atoms with E-state index in [9.17, 15) is 4.79 Å². The Morgan fingerprint density at radius 3 is 2.92 bits per heavy atom. The maximum absolute atomic E-state index is 10.6. The van der Waals surface area contributed by atoms with Gasteiger partial charge in [0.05, 0.1) is 0 Å². The number of carboxylic acid groups (broad SMARTS) is 1. The van der Waals surface area contributed by atoms with Crippen LogP contribution in [-0.4, -0.2) is 16.1 Å². The zero-order chi connectivity index (χ0) is 9.84. The molecule has 0 saturated carbocycles. The number of carbonyl (C=O) groups is 1. The van der Waals surface area contributed by atoms with E-state index in [0.717, 1.165) is 8.79 Å². The zero-order valence-electron chi connectivity index (χ0n) is 6.95. The number of aliphatic carboxylic acids is 1. The standard InChI is InChI=1S/C8H8BrNO2S/c1-2-5(7(11)12)3-6-4-10-8(9)13-6/h3-4H,2H2,1H3,(H,11,12)/b5-3+. The van der Waals surface area contributed by atoms with Crippen LogP contribution in [0.25, 0.3) is 6.08 Å². The number of aromatic nitrogens is 1. The molecule has 0 fully saturated rings. The van der Waals surface area contributed by atoms with Crippen molar-refractivity contribution in [1.29, 1.82) is 0 Å². The van der Waals surface area contributed by atoms with E-state index in [1.807, 2.05) is 6.92 Å². The molecule has 0 radical (unpaired) electrons. The summed E-state index contributed by atoms with van der Waals surface area (Å²) in [6, 6.07) is 0. The molecule has 1 aromatic heterocycles. The monoisotopic (exact) mass is 261 g/mol. The Morgan fingerprint density at radius 2 is 2.54 bits per heavy atom. The summed E-state index contributed by atoms with van der Waals surface area (Å²) in [5.74, 6) is -0.868. The van der Waals surface area contributed by atoms with Crippen LogP contribution < -0.4 is 0 Å². The predicted molar refractivity (Wildman–Crippen MR) is 55.7 cm³/mol. The lowest BCUT2D eigenvalue weighted by molar-refractivity contribution is -0.132. The minimum Gasteiger partial charge on any atom is -0.478 e. The number of thiazole rings is 1. The summed E-state index contributed by atoms with van der Waals surface area (Å²) in [6.07, 6.45) is 3.81. The van der Waals surface area contributed by atoms with Gasteiger partial charge in [-0.3, -0.25) is 0 Å². The van der Waals surface area contributed by atoms with Crippen LogP contribution in [0.3, 0.4) is 0 Å². The summed E-state index contributed by atoms with van der Waals surface area (Å²) >= 11 is 4.63. The molecule has 0 spiro atoms. The first kappa shape index (κ1) is 10.4. The quantitative estimate of drug-likeness (QED) is 0.852. The van der Waals surface area contributed by atoms with Gasteiger partial charge in [-0.1, -0.05) is 6.92 Å². The van der Waals surface area contributed by atoms with Gasteiger partial charge in [0.25, 0.3) is 0 Å². The van der Waals surface area contributed by atoms with Crippen LogP contribution in [0.5, 0.6) is 0 Å². The van der Waals surface area contributed by atoms with Crippen molar-refractivity contribution in [1.82, 2.24) is 4.98 Å². The van der Waals surface area contributed by atoms with Crippen LogP contribution in [0.1, 0.15) is 18.2 Å². The molecule has 1 N–H and O–H groups in total. The normalized spacial score (nSPS) is 11.7. The average molecular weight is 262 g/mol. The lowest BCUT2D eigenvalue weighted by Gasteiger charge is -1.94. The fourth-order valence-electron chi connectivity index (χ4n) is 0.818. The van der Waals surface area contributed by atoms with E-state index in [-0.39, 0.29) is 0 Å². The largest absolute Gasteiger partial charge is 0.478 e. The number of halogens is 1. The average Bonchev–Trinajstić information content (AvgIpc) is 2.46. The Bertz CT molecular complexity index is 346. The molecule has 1 heterocycles. The van der Waals surface area contributed by atoms with E-state index >= 15 is 0 Å². The van der Waals surface area contributed by atoms with Crippen molar-refractivity contribution < 1.29 is 9.90 Å². The van der Waals surface area contributed by atoms with Gasteiger partial charge in [0.15, 0.2) is 3.92 Å². The lowest BCUT2D eigenvalue weighted by atomic mass is 10.2. The van der Waals surface area contributed by atoms with Gasteiger partial charge in [0.1, 0.15) is 0 Å². The van der Waals surface area contributed by atoms with E-state index < -0.39 is 5.97 Å². The number of rotatable bonds is 3. The van der Waals surface area contributed by atoms with Crippen molar-refractivity contribution in [3.63, 3.8) is 0 Å². The van der Waals surface area contributed by atoms with Gasteiger partial charge in [-0.05, 0) is 28.4 Å². The summed E-state index contributed by atoms with van der Waals surface area (Å²) in [7, 11) is 0. The third-order valence-electron chi connectivity index (χ3n) is 1.47. The molecular formula is C8H8BrNO2S. The van der Waals surface area contributed by atoms with E-state index in [4.69, 9.17) is 5.11 Å². The fraction of sp³-hybridized carbons (Fsp3) is 0.250. The first-order chi connectivity index (χ1) is 6.13. The summed E-state index contributed by atoms with van der Waals surface area (Å²) < 4.78 is 0.764. The first-order valence-electron chi connectivity index (χ1n) is 3.68.